The minimum atomic E-state index is -1.56. The predicted molar refractivity (Wildman–Crippen MR) is 104 cm³/mol. The maximum absolute atomic E-state index is 12.1. The van der Waals surface area contributed by atoms with Gasteiger partial charge in [0.05, 0.1) is 10.1 Å². The number of hydrogen-bond donors (Lipinski definition) is 3. The maximum Gasteiger partial charge on any atom is 0.351 e. The fourth-order valence-corrected chi connectivity index (χ4v) is 2.10. The lowest BCUT2D eigenvalue weighted by Crippen LogP contribution is -2.39. The number of para-hydroxylation sites is 1. The Morgan fingerprint density at radius 3 is 2.35 bits per heavy atom. The molecule has 0 fully saturated rings. The Bertz CT molecular complexity index is 827. The van der Waals surface area contributed by atoms with E-state index in [4.69, 9.17) is 0 Å². The third-order valence-electron chi connectivity index (χ3n) is 3.12. The summed E-state index contributed by atoms with van der Waals surface area (Å²) in [6.07, 6.45) is -1.56. The molecule has 134 valence electrons. The van der Waals surface area contributed by atoms with E-state index in [1.165, 1.54) is 0 Å². The molecule has 0 saturated heterocycles. The number of nitrogens with one attached hydrogen (secondary N) is 2. The zero-order valence-corrected chi connectivity index (χ0v) is 15.6. The molecule has 2 aromatic carbocycles. The van der Waals surface area contributed by atoms with E-state index >= 15 is 0 Å². The first kappa shape index (κ1) is 19.5. The number of benzene rings is 2. The van der Waals surface area contributed by atoms with Gasteiger partial charge in [0.15, 0.2) is 0 Å². The Kier molecular flexibility index (Phi) is 7.21. The number of nitrogens with zero attached hydrogens (tertiary/aromatic N) is 2. The number of amides is 2. The summed E-state index contributed by atoms with van der Waals surface area (Å²) in [5.41, 5.74) is 0.992. The normalized spacial score (nSPS) is 11.7. The van der Waals surface area contributed by atoms with Gasteiger partial charge in [-0.2, -0.15) is 10.2 Å². The van der Waals surface area contributed by atoms with Crippen molar-refractivity contribution in [2.75, 3.05) is 9.74 Å². The van der Waals surface area contributed by atoms with Crippen molar-refractivity contribution < 1.29 is 19.5 Å². The Morgan fingerprint density at radius 2 is 1.69 bits per heavy atom. The number of halogens is 1. The second-order valence-corrected chi connectivity index (χ2v) is 5.76. The van der Waals surface area contributed by atoms with Crippen LogP contribution in [-0.2, 0) is 9.59 Å². The van der Waals surface area contributed by atoms with Crippen molar-refractivity contribution in [3.8, 4) is 0 Å². The van der Waals surface area contributed by atoms with Crippen molar-refractivity contribution >= 4 is 51.7 Å². The van der Waals surface area contributed by atoms with Gasteiger partial charge < -0.3 is 15.7 Å². The van der Waals surface area contributed by atoms with Crippen molar-refractivity contribution in [2.45, 2.75) is 6.17 Å². The molecule has 0 heterocycles. The first-order chi connectivity index (χ1) is 12.5. The predicted octanol–water partition coefficient (Wildman–Crippen LogP) is 2.98. The Labute approximate surface area is 162 Å². The van der Waals surface area contributed by atoms with E-state index in [1.807, 2.05) is 22.6 Å². The van der Waals surface area contributed by atoms with E-state index in [1.54, 1.807) is 54.6 Å². The number of anilines is 1. The minimum Gasteiger partial charge on any atom is -0.478 e. The van der Waals surface area contributed by atoms with Crippen molar-refractivity contribution in [2.24, 2.45) is 10.2 Å². The highest BCUT2D eigenvalue weighted by atomic mass is 127. The molecule has 0 saturated carbocycles. The minimum absolute atomic E-state index is 0.222. The van der Waals surface area contributed by atoms with Crippen molar-refractivity contribution in [1.82, 2.24) is 5.32 Å². The number of carbonyl (C=O) groups is 3. The Balaban J connectivity index is 2.16. The molecule has 9 heteroatoms. The molecule has 0 aliphatic heterocycles. The topological polar surface area (TPSA) is 120 Å². The van der Waals surface area contributed by atoms with E-state index in [9.17, 15) is 19.5 Å². The van der Waals surface area contributed by atoms with Gasteiger partial charge in [0.1, 0.15) is 5.69 Å². The lowest BCUT2D eigenvalue weighted by molar-refractivity contribution is -0.139. The number of azo groups is 1. The van der Waals surface area contributed by atoms with Crippen molar-refractivity contribution in [1.29, 1.82) is 0 Å². The molecule has 3 N–H and O–H groups in total. The third kappa shape index (κ3) is 5.62. The highest BCUT2D eigenvalue weighted by Gasteiger charge is 2.20. The van der Waals surface area contributed by atoms with Crippen molar-refractivity contribution in [3.63, 3.8) is 0 Å². The van der Waals surface area contributed by atoms with Gasteiger partial charge in [0.25, 0.3) is 5.91 Å². The Hall–Kier alpha value is -2.82. The summed E-state index contributed by atoms with van der Waals surface area (Å²) in [5, 5.41) is 21.8. The molecule has 0 aliphatic rings. The number of carbonyl (C=O) groups excluding carboxylic acids is 2. The molecule has 8 nitrogen and oxygen atoms in total. The summed E-state index contributed by atoms with van der Waals surface area (Å²) >= 11 is 1.92. The summed E-state index contributed by atoms with van der Waals surface area (Å²) in [5.74, 6) is -2.16. The molecule has 0 aliphatic carbocycles. The van der Waals surface area contributed by atoms with Crippen molar-refractivity contribution in [3.05, 3.63) is 60.2 Å². The first-order valence-corrected chi connectivity index (χ1v) is 8.98. The number of aliphatic carboxylic acids is 1. The average molecular weight is 466 g/mol. The number of carboxylic acid groups (broad SMARTS) is 1. The lowest BCUT2D eigenvalue weighted by Gasteiger charge is -2.10. The van der Waals surface area contributed by atoms with Gasteiger partial charge in [0.2, 0.25) is 12.1 Å². The first-order valence-electron chi connectivity index (χ1n) is 7.45. The van der Waals surface area contributed by atoms with Gasteiger partial charge in [-0.3, -0.25) is 9.59 Å². The molecule has 1 atom stereocenters. The van der Waals surface area contributed by atoms with Gasteiger partial charge in [-0.15, -0.1) is 0 Å². The quantitative estimate of drug-likeness (QED) is 0.330. The third-order valence-corrected chi connectivity index (χ3v) is 3.81. The number of carboxylic acids is 1. The Morgan fingerprint density at radius 1 is 1.04 bits per heavy atom. The molecule has 2 aromatic rings. The van der Waals surface area contributed by atoms with Crippen LogP contribution >= 0.6 is 22.6 Å². The van der Waals surface area contributed by atoms with Gasteiger partial charge in [-0.05, 0) is 24.3 Å². The van der Waals surface area contributed by atoms with Crippen LogP contribution in [0.15, 0.2) is 64.8 Å². The molecular formula is C17H15IN4O4. The lowest BCUT2D eigenvalue weighted by atomic mass is 10.2. The van der Waals surface area contributed by atoms with Gasteiger partial charge >= 0.3 is 5.97 Å². The zero-order valence-electron chi connectivity index (χ0n) is 13.4. The van der Waals surface area contributed by atoms with Gasteiger partial charge in [-0.25, -0.2) is 4.79 Å². The molecule has 2 rings (SSSR count). The molecule has 26 heavy (non-hydrogen) atoms. The summed E-state index contributed by atoms with van der Waals surface area (Å²) < 4.78 is 0.258. The second-order valence-electron chi connectivity index (χ2n) is 4.99. The highest BCUT2D eigenvalue weighted by Crippen LogP contribution is 2.25. The van der Waals surface area contributed by atoms with E-state index in [2.05, 4.69) is 20.9 Å². The van der Waals surface area contributed by atoms with E-state index < -0.39 is 18.0 Å². The van der Waals surface area contributed by atoms with Gasteiger partial charge in [0, 0.05) is 5.56 Å². The molecular weight excluding hydrogens is 451 g/mol. The molecule has 0 bridgehead atoms. The van der Waals surface area contributed by atoms with Crippen LogP contribution in [0.25, 0.3) is 0 Å². The smallest absolute Gasteiger partial charge is 0.351 e. The van der Waals surface area contributed by atoms with Crippen LogP contribution in [0.1, 0.15) is 10.4 Å². The number of hydrogen-bond acceptors (Lipinski definition) is 5. The standard InChI is InChI=1S/C17H15IN4O4/c18-10-14(23)19-12-8-4-5-9-13(12)21-22-15(17(25)26)20-16(24)11-6-2-1-3-7-11/h1-9,15H,10H2,(H,19,23)(H,20,24)(H,25,26). The van der Waals surface area contributed by atoms with Gasteiger partial charge in [-0.1, -0.05) is 52.9 Å². The summed E-state index contributed by atoms with van der Waals surface area (Å²) in [6, 6.07) is 14.8. The summed E-state index contributed by atoms with van der Waals surface area (Å²) in [7, 11) is 0. The van der Waals surface area contributed by atoms with E-state index in [0.717, 1.165) is 0 Å². The SMILES string of the molecule is O=C(CI)Nc1ccccc1N=NC(NC(=O)c1ccccc1)C(=O)O. The van der Waals surface area contributed by atoms with Crippen LogP contribution in [0, 0.1) is 0 Å². The molecule has 0 spiro atoms. The molecule has 0 radical (unpaired) electrons. The van der Waals surface area contributed by atoms with E-state index in [-0.39, 0.29) is 16.0 Å². The van der Waals surface area contributed by atoms with Crippen LogP contribution < -0.4 is 10.6 Å². The monoisotopic (exact) mass is 466 g/mol. The average Bonchev–Trinajstić information content (AvgIpc) is 2.66. The van der Waals surface area contributed by atoms with Crippen LogP contribution in [0.4, 0.5) is 11.4 Å². The fourth-order valence-electron chi connectivity index (χ4n) is 1.91. The molecule has 0 aromatic heterocycles. The summed E-state index contributed by atoms with van der Waals surface area (Å²) in [6.45, 7) is 0. The zero-order chi connectivity index (χ0) is 18.9. The maximum atomic E-state index is 12.1. The largest absolute Gasteiger partial charge is 0.478 e. The van der Waals surface area contributed by atoms with Crippen LogP contribution in [0.5, 0.6) is 0 Å². The molecule has 1 unspecified atom stereocenters. The fraction of sp³-hybridized carbons (Fsp3) is 0.118. The number of alkyl halides is 1. The van der Waals surface area contributed by atoms with Crippen LogP contribution in [-0.4, -0.2) is 33.5 Å². The van der Waals surface area contributed by atoms with Crippen LogP contribution in [0.3, 0.4) is 0 Å². The highest BCUT2D eigenvalue weighted by molar-refractivity contribution is 14.1. The molecule has 2 amide bonds. The van der Waals surface area contributed by atoms with E-state index in [0.29, 0.717) is 11.3 Å². The van der Waals surface area contributed by atoms with Crippen LogP contribution in [0.2, 0.25) is 0 Å². The second kappa shape index (κ2) is 9.61. The number of rotatable bonds is 7. The summed E-state index contributed by atoms with van der Waals surface area (Å²) in [4.78, 5) is 35.0.